The van der Waals surface area contributed by atoms with Gasteiger partial charge in [-0.05, 0) is 18.0 Å². The van der Waals surface area contributed by atoms with Crippen molar-refractivity contribution in [1.29, 1.82) is 0 Å². The van der Waals surface area contributed by atoms with Crippen molar-refractivity contribution in [2.24, 2.45) is 0 Å². The fraction of sp³-hybridized carbons (Fsp3) is 0.750. The van der Waals surface area contributed by atoms with Gasteiger partial charge in [0.2, 0.25) is 0 Å². The minimum atomic E-state index is -0.298. The Morgan fingerprint density at radius 1 is 1.00 bits per heavy atom. The van der Waals surface area contributed by atoms with E-state index in [1.807, 2.05) is 6.92 Å². The molecule has 1 aromatic rings. The Labute approximate surface area is 167 Å². The highest BCUT2D eigenvalue weighted by molar-refractivity contribution is 7.11. The molecule has 0 N–H and O–H groups in total. The van der Waals surface area contributed by atoms with Crippen molar-refractivity contribution >= 4 is 40.7 Å². The van der Waals surface area contributed by atoms with Crippen LogP contribution in [0.2, 0.25) is 9.36 Å². The minimum Gasteiger partial charge on any atom is -0.466 e. The number of halogens is 2. The largest absolute Gasteiger partial charge is 0.466 e. The predicted octanol–water partition coefficient (Wildman–Crippen LogP) is 3.00. The quantitative estimate of drug-likeness (QED) is 0.315. The molecule has 0 aliphatic heterocycles. The topological polar surface area (TPSA) is 76.0 Å². The van der Waals surface area contributed by atoms with Crippen LogP contribution in [0.1, 0.15) is 26.2 Å². The second-order valence-electron chi connectivity index (χ2n) is 5.25. The van der Waals surface area contributed by atoms with Crippen molar-refractivity contribution in [2.75, 3.05) is 46.2 Å². The first-order valence-electron chi connectivity index (χ1n) is 8.50. The summed E-state index contributed by atoms with van der Waals surface area (Å²) in [6, 6.07) is 0. The summed E-state index contributed by atoms with van der Waals surface area (Å²) in [7, 11) is 0. The number of hydrogen-bond donors (Lipinski definition) is 0. The highest BCUT2D eigenvalue weighted by atomic mass is 35.5. The van der Waals surface area contributed by atoms with Crippen molar-refractivity contribution in [3.05, 3.63) is 19.7 Å². The Morgan fingerprint density at radius 2 is 1.62 bits per heavy atom. The van der Waals surface area contributed by atoms with E-state index in [9.17, 15) is 9.59 Å². The molecule has 0 amide bonds. The van der Waals surface area contributed by atoms with Gasteiger partial charge in [0, 0.05) is 0 Å². The molecule has 26 heavy (non-hydrogen) atoms. The van der Waals surface area contributed by atoms with Crippen LogP contribution in [0.5, 0.6) is 0 Å². The molecule has 1 heterocycles. The standard InChI is InChI=1S/C16H25Cl2NO6S/c1-2-3-6-25-13(20)4-7-22-9-11-24-12-10-23-8-5-19-16(21)14(17)15(18)26-19/h2-12H2,1H3. The third-order valence-corrected chi connectivity index (χ3v) is 5.06. The number of ether oxygens (including phenoxy) is 4. The van der Waals surface area contributed by atoms with Gasteiger partial charge in [0.05, 0.1) is 59.2 Å². The van der Waals surface area contributed by atoms with E-state index in [0.717, 1.165) is 24.4 Å². The van der Waals surface area contributed by atoms with Gasteiger partial charge in [-0.3, -0.25) is 13.5 Å². The Kier molecular flexibility index (Phi) is 13.0. The average Bonchev–Trinajstić information content (AvgIpc) is 2.87. The fourth-order valence-electron chi connectivity index (χ4n) is 1.77. The Hall–Kier alpha value is -0.640. The molecule has 150 valence electrons. The maximum absolute atomic E-state index is 11.6. The molecular weight excluding hydrogens is 405 g/mol. The second kappa shape index (κ2) is 14.4. The van der Waals surface area contributed by atoms with Crippen LogP contribution in [0.15, 0.2) is 4.79 Å². The number of nitrogens with zero attached hydrogens (tertiary/aromatic N) is 1. The van der Waals surface area contributed by atoms with E-state index in [1.54, 1.807) is 0 Å². The lowest BCUT2D eigenvalue weighted by Crippen LogP contribution is -2.18. The summed E-state index contributed by atoms with van der Waals surface area (Å²) in [5.41, 5.74) is -0.298. The second-order valence-corrected chi connectivity index (χ2v) is 7.26. The van der Waals surface area contributed by atoms with Crippen LogP contribution in [-0.2, 0) is 30.3 Å². The minimum absolute atomic E-state index is 0.0502. The van der Waals surface area contributed by atoms with Crippen molar-refractivity contribution in [3.8, 4) is 0 Å². The molecule has 0 fully saturated rings. The first-order chi connectivity index (χ1) is 12.6. The average molecular weight is 430 g/mol. The van der Waals surface area contributed by atoms with Crippen molar-refractivity contribution in [3.63, 3.8) is 0 Å². The lowest BCUT2D eigenvalue weighted by Gasteiger charge is -2.07. The highest BCUT2D eigenvalue weighted by Crippen LogP contribution is 2.22. The van der Waals surface area contributed by atoms with Crippen LogP contribution in [0.4, 0.5) is 0 Å². The van der Waals surface area contributed by atoms with Crippen molar-refractivity contribution in [2.45, 2.75) is 32.7 Å². The molecule has 0 bridgehead atoms. The molecule has 0 aliphatic rings. The Balaban J connectivity index is 1.88. The summed E-state index contributed by atoms with van der Waals surface area (Å²) in [6.07, 6.45) is 2.14. The summed E-state index contributed by atoms with van der Waals surface area (Å²) in [6.45, 7) is 5.26. The van der Waals surface area contributed by atoms with Gasteiger partial charge in [0.1, 0.15) is 9.36 Å². The third kappa shape index (κ3) is 9.89. The number of esters is 1. The zero-order valence-electron chi connectivity index (χ0n) is 14.8. The van der Waals surface area contributed by atoms with Gasteiger partial charge >= 0.3 is 5.97 Å². The summed E-state index contributed by atoms with van der Waals surface area (Å²) in [4.78, 5) is 22.9. The van der Waals surface area contributed by atoms with E-state index in [0.29, 0.717) is 52.8 Å². The lowest BCUT2D eigenvalue weighted by molar-refractivity contribution is -0.145. The van der Waals surface area contributed by atoms with Gasteiger partial charge in [-0.25, -0.2) is 0 Å². The lowest BCUT2D eigenvalue weighted by atomic mass is 10.4. The third-order valence-electron chi connectivity index (χ3n) is 3.17. The molecule has 1 aromatic heterocycles. The van der Waals surface area contributed by atoms with Crippen molar-refractivity contribution in [1.82, 2.24) is 3.96 Å². The SMILES string of the molecule is CCCCOC(=O)CCOCCOCCOCCn1sc(Cl)c(Cl)c1=O. The fourth-order valence-corrected chi connectivity index (χ4v) is 3.05. The van der Waals surface area contributed by atoms with E-state index in [1.165, 1.54) is 3.96 Å². The van der Waals surface area contributed by atoms with Crippen LogP contribution in [0.25, 0.3) is 0 Å². The molecule has 0 aliphatic carbocycles. The van der Waals surface area contributed by atoms with E-state index >= 15 is 0 Å². The van der Waals surface area contributed by atoms with Crippen LogP contribution < -0.4 is 5.56 Å². The number of hydrogen-bond acceptors (Lipinski definition) is 7. The smallest absolute Gasteiger partial charge is 0.308 e. The number of carbonyl (C=O) groups is 1. The summed E-state index contributed by atoms with van der Waals surface area (Å²) in [5.74, 6) is -0.236. The molecule has 0 aromatic carbocycles. The maximum atomic E-state index is 11.6. The normalized spacial score (nSPS) is 11.0. The molecule has 0 unspecified atom stereocenters. The molecule has 0 atom stereocenters. The molecular formula is C16H25Cl2NO6S. The number of rotatable bonds is 15. The zero-order valence-corrected chi connectivity index (χ0v) is 17.2. The van der Waals surface area contributed by atoms with Gasteiger partial charge in [-0.2, -0.15) is 0 Å². The summed E-state index contributed by atoms with van der Waals surface area (Å²) >= 11 is 12.6. The maximum Gasteiger partial charge on any atom is 0.308 e. The van der Waals surface area contributed by atoms with Crippen molar-refractivity contribution < 1.29 is 23.7 Å². The summed E-state index contributed by atoms with van der Waals surface area (Å²) in [5, 5.41) is 0.0502. The first kappa shape index (κ1) is 23.4. The molecule has 7 nitrogen and oxygen atoms in total. The van der Waals surface area contributed by atoms with Crippen LogP contribution in [-0.4, -0.2) is 56.2 Å². The van der Waals surface area contributed by atoms with Crippen LogP contribution in [0.3, 0.4) is 0 Å². The zero-order chi connectivity index (χ0) is 19.2. The van der Waals surface area contributed by atoms with E-state index in [-0.39, 0.29) is 27.3 Å². The number of carbonyl (C=O) groups excluding carboxylic acids is 1. The molecule has 0 spiro atoms. The number of aromatic nitrogens is 1. The van der Waals surface area contributed by atoms with E-state index in [4.69, 9.17) is 42.1 Å². The van der Waals surface area contributed by atoms with Gasteiger partial charge in [0.25, 0.3) is 5.56 Å². The van der Waals surface area contributed by atoms with Gasteiger partial charge in [-0.15, -0.1) is 0 Å². The summed E-state index contributed by atoms with van der Waals surface area (Å²) < 4.78 is 22.8. The van der Waals surface area contributed by atoms with E-state index in [2.05, 4.69) is 0 Å². The molecule has 1 rings (SSSR count). The molecule has 0 saturated heterocycles. The van der Waals surface area contributed by atoms with Crippen LogP contribution >= 0.6 is 34.7 Å². The molecule has 0 radical (unpaired) electrons. The van der Waals surface area contributed by atoms with Crippen LogP contribution in [0, 0.1) is 0 Å². The Bertz CT molecular complexity index is 578. The molecule has 10 heteroatoms. The first-order valence-corrected chi connectivity index (χ1v) is 10.0. The monoisotopic (exact) mass is 429 g/mol. The van der Waals surface area contributed by atoms with E-state index < -0.39 is 0 Å². The number of unbranched alkanes of at least 4 members (excludes halogenated alkanes) is 1. The van der Waals surface area contributed by atoms with Gasteiger partial charge in [-0.1, -0.05) is 36.5 Å². The molecule has 0 saturated carbocycles. The van der Waals surface area contributed by atoms with Gasteiger partial charge < -0.3 is 18.9 Å². The predicted molar refractivity (Wildman–Crippen MR) is 102 cm³/mol. The Morgan fingerprint density at radius 3 is 2.19 bits per heavy atom. The van der Waals surface area contributed by atoms with Gasteiger partial charge in [0.15, 0.2) is 0 Å². The highest BCUT2D eigenvalue weighted by Gasteiger charge is 2.10.